The number of rotatable bonds is 7. The molecule has 0 saturated heterocycles. The molecule has 6 nitrogen and oxygen atoms in total. The summed E-state index contributed by atoms with van der Waals surface area (Å²) in [6.07, 6.45) is -4.87. The molecule has 2 aromatic rings. The third-order valence-corrected chi connectivity index (χ3v) is 3.36. The average molecular weight is 437 g/mol. The van der Waals surface area contributed by atoms with Crippen LogP contribution >= 0.6 is 0 Å². The molecule has 160 valence electrons. The minimum atomic E-state index is -4.87. The van der Waals surface area contributed by atoms with Gasteiger partial charge in [-0.3, -0.25) is 15.6 Å². The molecule has 2 rings (SSSR count). The van der Waals surface area contributed by atoms with E-state index in [1.165, 1.54) is 6.07 Å². The van der Waals surface area contributed by atoms with Crippen LogP contribution in [0.2, 0.25) is 0 Å². The summed E-state index contributed by atoms with van der Waals surface area (Å²) in [4.78, 5) is 12.2. The summed E-state index contributed by atoms with van der Waals surface area (Å²) in [5.41, 5.74) is 1.14. The van der Waals surface area contributed by atoms with Crippen molar-refractivity contribution in [1.82, 2.24) is 5.43 Å². The van der Waals surface area contributed by atoms with E-state index in [9.17, 15) is 35.5 Å². The first-order chi connectivity index (χ1) is 14.0. The van der Waals surface area contributed by atoms with Crippen molar-refractivity contribution in [2.45, 2.75) is 19.4 Å². The monoisotopic (exact) mass is 437 g/mol. The van der Waals surface area contributed by atoms with Gasteiger partial charge in [0.2, 0.25) is 0 Å². The Morgan fingerprint density at radius 3 is 2.00 bits per heavy atom. The highest BCUT2D eigenvalue weighted by Crippen LogP contribution is 2.35. The normalized spacial score (nSPS) is 11.2. The number of benzene rings is 2. The van der Waals surface area contributed by atoms with Crippen LogP contribution in [0.4, 0.5) is 36.4 Å². The van der Waals surface area contributed by atoms with Crippen molar-refractivity contribution in [2.75, 3.05) is 5.43 Å². The summed E-state index contributed by atoms with van der Waals surface area (Å²) in [5, 5.41) is 8.72. The van der Waals surface area contributed by atoms with Crippen LogP contribution in [0.1, 0.15) is 21.5 Å². The fraction of sp³-hybridized carbons (Fsp3) is 0.176. The quantitative estimate of drug-likeness (QED) is 0.491. The van der Waals surface area contributed by atoms with Crippen molar-refractivity contribution in [1.29, 1.82) is 5.26 Å². The fourth-order valence-electron chi connectivity index (χ4n) is 2.20. The molecule has 2 aromatic carbocycles. The number of anilines is 1. The summed E-state index contributed by atoms with van der Waals surface area (Å²) in [7, 11) is 0. The lowest BCUT2D eigenvalue weighted by Crippen LogP contribution is -2.30. The lowest BCUT2D eigenvalue weighted by molar-refractivity contribution is -0.137. The van der Waals surface area contributed by atoms with E-state index in [-0.39, 0.29) is 5.56 Å². The van der Waals surface area contributed by atoms with E-state index in [2.05, 4.69) is 9.47 Å². The van der Waals surface area contributed by atoms with E-state index in [0.29, 0.717) is 12.1 Å². The summed E-state index contributed by atoms with van der Waals surface area (Å²) in [6, 6.07) is 6.16. The molecular weight excluding hydrogens is 427 g/mol. The molecule has 0 fully saturated rings. The van der Waals surface area contributed by atoms with Crippen molar-refractivity contribution in [3.8, 4) is 17.6 Å². The van der Waals surface area contributed by atoms with Crippen molar-refractivity contribution in [2.24, 2.45) is 0 Å². The highest BCUT2D eigenvalue weighted by atomic mass is 19.4. The fourth-order valence-corrected chi connectivity index (χ4v) is 2.20. The SMILES string of the molecule is N#Cc1ccc(NNC(=O)c2cc(OC(F)F)cc(OC(F)F)c2)c(C(F)(F)F)c1. The van der Waals surface area contributed by atoms with Gasteiger partial charge in [0.25, 0.3) is 5.91 Å². The van der Waals surface area contributed by atoms with Gasteiger partial charge >= 0.3 is 19.4 Å². The zero-order chi connectivity index (χ0) is 22.5. The van der Waals surface area contributed by atoms with Crippen molar-refractivity contribution in [3.63, 3.8) is 0 Å². The number of alkyl halides is 7. The van der Waals surface area contributed by atoms with Gasteiger partial charge in [-0.05, 0) is 30.3 Å². The summed E-state index contributed by atoms with van der Waals surface area (Å²) < 4.78 is 97.0. The van der Waals surface area contributed by atoms with Gasteiger partial charge in [-0.1, -0.05) is 0 Å². The van der Waals surface area contributed by atoms with Gasteiger partial charge in [0, 0.05) is 11.6 Å². The number of nitrogens with one attached hydrogen (secondary N) is 2. The maximum absolute atomic E-state index is 13.1. The van der Waals surface area contributed by atoms with Crippen LogP contribution in [0.3, 0.4) is 0 Å². The lowest BCUT2D eigenvalue weighted by Gasteiger charge is -2.16. The van der Waals surface area contributed by atoms with E-state index in [4.69, 9.17) is 5.26 Å². The molecule has 30 heavy (non-hydrogen) atoms. The molecule has 0 radical (unpaired) electrons. The first-order valence-corrected chi connectivity index (χ1v) is 7.72. The average Bonchev–Trinajstić information content (AvgIpc) is 2.63. The van der Waals surface area contributed by atoms with Gasteiger partial charge in [0.05, 0.1) is 22.9 Å². The number of carbonyl (C=O) groups excluding carboxylic acids is 1. The molecule has 13 heteroatoms. The minimum absolute atomic E-state index is 0.287. The van der Waals surface area contributed by atoms with E-state index in [0.717, 1.165) is 24.3 Å². The second-order valence-corrected chi connectivity index (χ2v) is 5.40. The Morgan fingerprint density at radius 1 is 0.967 bits per heavy atom. The van der Waals surface area contributed by atoms with Gasteiger partial charge in [-0.25, -0.2) is 0 Å². The predicted molar refractivity (Wildman–Crippen MR) is 87.0 cm³/mol. The topological polar surface area (TPSA) is 83.4 Å². The largest absolute Gasteiger partial charge is 0.435 e. The number of ether oxygens (including phenoxy) is 2. The van der Waals surface area contributed by atoms with Crippen LogP contribution in [0.15, 0.2) is 36.4 Å². The van der Waals surface area contributed by atoms with Crippen molar-refractivity contribution >= 4 is 11.6 Å². The molecule has 0 aliphatic rings. The van der Waals surface area contributed by atoms with Crippen LogP contribution in [-0.4, -0.2) is 19.1 Å². The molecule has 0 aliphatic carbocycles. The van der Waals surface area contributed by atoms with Gasteiger partial charge in [0.15, 0.2) is 0 Å². The highest BCUT2D eigenvalue weighted by molar-refractivity contribution is 5.95. The molecule has 1 amide bonds. The van der Waals surface area contributed by atoms with Crippen LogP contribution < -0.4 is 20.3 Å². The summed E-state index contributed by atoms with van der Waals surface area (Å²) in [6.45, 7) is -6.68. The Kier molecular flexibility index (Phi) is 6.93. The van der Waals surface area contributed by atoms with Crippen molar-refractivity contribution in [3.05, 3.63) is 53.1 Å². The Labute approximate surface area is 163 Å². The second kappa shape index (κ2) is 9.21. The van der Waals surface area contributed by atoms with E-state index >= 15 is 0 Å². The first kappa shape index (κ1) is 22.6. The lowest BCUT2D eigenvalue weighted by atomic mass is 10.1. The highest BCUT2D eigenvalue weighted by Gasteiger charge is 2.34. The molecule has 0 unspecified atom stereocenters. The number of carbonyl (C=O) groups is 1. The zero-order valence-corrected chi connectivity index (χ0v) is 14.4. The smallest absolute Gasteiger partial charge is 0.418 e. The Bertz CT molecular complexity index is 930. The number of hydrazine groups is 1. The zero-order valence-electron chi connectivity index (χ0n) is 14.4. The van der Waals surface area contributed by atoms with E-state index in [1.807, 2.05) is 10.9 Å². The summed E-state index contributed by atoms with van der Waals surface area (Å²) in [5.74, 6) is -2.56. The molecule has 2 N–H and O–H groups in total. The van der Waals surface area contributed by atoms with Crippen molar-refractivity contribution < 1.29 is 45.0 Å². The van der Waals surface area contributed by atoms with Gasteiger partial charge in [-0.15, -0.1) is 0 Å². The van der Waals surface area contributed by atoms with E-state index in [1.54, 1.807) is 0 Å². The molecule has 0 atom stereocenters. The second-order valence-electron chi connectivity index (χ2n) is 5.40. The van der Waals surface area contributed by atoms with Gasteiger partial charge in [0.1, 0.15) is 11.5 Å². The minimum Gasteiger partial charge on any atom is -0.435 e. The first-order valence-electron chi connectivity index (χ1n) is 7.72. The maximum Gasteiger partial charge on any atom is 0.418 e. The predicted octanol–water partition coefficient (Wildman–Crippen LogP) is 4.54. The Morgan fingerprint density at radius 2 is 1.53 bits per heavy atom. The molecule has 0 saturated carbocycles. The number of amides is 1. The van der Waals surface area contributed by atoms with Gasteiger partial charge < -0.3 is 9.47 Å². The molecule has 0 bridgehead atoms. The van der Waals surface area contributed by atoms with E-state index < -0.39 is 53.6 Å². The van der Waals surface area contributed by atoms with Crippen LogP contribution in [-0.2, 0) is 6.18 Å². The molecular formula is C17H10F7N3O3. The molecule has 0 spiro atoms. The number of nitrogens with zero attached hydrogens (tertiary/aromatic N) is 1. The van der Waals surface area contributed by atoms with Gasteiger partial charge in [-0.2, -0.15) is 36.0 Å². The number of nitriles is 1. The molecule has 0 heterocycles. The van der Waals surface area contributed by atoms with Crippen LogP contribution in [0, 0.1) is 11.3 Å². The number of hydrogen-bond acceptors (Lipinski definition) is 5. The van der Waals surface area contributed by atoms with Crippen LogP contribution in [0.5, 0.6) is 11.5 Å². The molecule has 0 aromatic heterocycles. The standard InChI is InChI=1S/C17H10F7N3O3/c18-15(19)29-10-4-9(5-11(6-10)30-16(20)21)14(28)27-26-13-2-1-8(7-25)3-12(13)17(22,23)24/h1-6,15-16,26H,(H,27,28). The summed E-state index contributed by atoms with van der Waals surface area (Å²) >= 11 is 0. The van der Waals surface area contributed by atoms with Crippen LogP contribution in [0.25, 0.3) is 0 Å². The Hall–Kier alpha value is -3.69. The third-order valence-electron chi connectivity index (χ3n) is 3.36. The maximum atomic E-state index is 13.1. The number of hydrogen-bond donors (Lipinski definition) is 2. The third kappa shape index (κ3) is 6.16. The molecule has 0 aliphatic heterocycles. The number of halogens is 7. The Balaban J connectivity index is 2.27.